The van der Waals surface area contributed by atoms with Crippen LogP contribution in [0, 0.1) is 6.92 Å². The van der Waals surface area contributed by atoms with Crippen molar-refractivity contribution < 1.29 is 0 Å². The fourth-order valence-electron chi connectivity index (χ4n) is 2.38. The van der Waals surface area contributed by atoms with Gasteiger partial charge in [0.15, 0.2) is 0 Å². The summed E-state index contributed by atoms with van der Waals surface area (Å²) in [6.07, 6.45) is 6.78. The van der Waals surface area contributed by atoms with Crippen molar-refractivity contribution in [3.8, 4) is 0 Å². The van der Waals surface area contributed by atoms with Gasteiger partial charge in [0, 0.05) is 17.9 Å². The SMILES string of the molecule is Cc1ccn2c(C3CCCSC3)ncc2c1. The highest BCUT2D eigenvalue weighted by atomic mass is 32.2. The van der Waals surface area contributed by atoms with Crippen LogP contribution in [-0.4, -0.2) is 20.9 Å². The van der Waals surface area contributed by atoms with Gasteiger partial charge in [-0.1, -0.05) is 0 Å². The first-order valence-electron chi connectivity index (χ1n) is 5.86. The van der Waals surface area contributed by atoms with E-state index in [2.05, 4.69) is 46.4 Å². The van der Waals surface area contributed by atoms with Crippen LogP contribution in [0.5, 0.6) is 0 Å². The molecule has 2 aromatic rings. The van der Waals surface area contributed by atoms with Gasteiger partial charge in [0.1, 0.15) is 5.82 Å². The van der Waals surface area contributed by atoms with Crippen molar-refractivity contribution in [1.29, 1.82) is 0 Å². The van der Waals surface area contributed by atoms with Crippen molar-refractivity contribution in [2.75, 3.05) is 11.5 Å². The number of pyridine rings is 1. The maximum Gasteiger partial charge on any atom is 0.117 e. The first kappa shape index (κ1) is 10.2. The minimum Gasteiger partial charge on any atom is -0.303 e. The summed E-state index contributed by atoms with van der Waals surface area (Å²) in [7, 11) is 0. The molecular weight excluding hydrogens is 216 g/mol. The number of aryl methyl sites for hydroxylation is 1. The molecule has 1 fully saturated rings. The Labute approximate surface area is 100 Å². The highest BCUT2D eigenvalue weighted by Crippen LogP contribution is 2.30. The average molecular weight is 232 g/mol. The quantitative estimate of drug-likeness (QED) is 0.751. The van der Waals surface area contributed by atoms with Crippen LogP contribution < -0.4 is 0 Å². The molecule has 16 heavy (non-hydrogen) atoms. The molecule has 2 nitrogen and oxygen atoms in total. The molecule has 1 saturated heterocycles. The molecule has 1 atom stereocenters. The number of aromatic nitrogens is 2. The standard InChI is InChI=1S/C13H16N2S/c1-10-4-5-15-12(7-10)8-14-13(15)11-3-2-6-16-9-11/h4-5,7-8,11H,2-3,6,9H2,1H3. The van der Waals surface area contributed by atoms with E-state index in [0.29, 0.717) is 5.92 Å². The molecule has 1 aliphatic rings. The summed E-state index contributed by atoms with van der Waals surface area (Å²) in [5, 5.41) is 0. The van der Waals surface area contributed by atoms with E-state index < -0.39 is 0 Å². The molecule has 0 amide bonds. The van der Waals surface area contributed by atoms with E-state index in [1.807, 2.05) is 6.20 Å². The fraction of sp³-hybridized carbons (Fsp3) is 0.462. The third-order valence-electron chi connectivity index (χ3n) is 3.24. The van der Waals surface area contributed by atoms with Gasteiger partial charge in [-0.3, -0.25) is 0 Å². The van der Waals surface area contributed by atoms with Crippen LogP contribution in [-0.2, 0) is 0 Å². The summed E-state index contributed by atoms with van der Waals surface area (Å²) in [6, 6.07) is 4.36. The zero-order chi connectivity index (χ0) is 11.0. The van der Waals surface area contributed by atoms with Gasteiger partial charge in [-0.2, -0.15) is 11.8 Å². The maximum atomic E-state index is 4.61. The largest absolute Gasteiger partial charge is 0.303 e. The Bertz CT molecular complexity index is 498. The lowest BCUT2D eigenvalue weighted by molar-refractivity contribution is 0.621. The topological polar surface area (TPSA) is 17.3 Å². The van der Waals surface area contributed by atoms with Crippen LogP contribution in [0.3, 0.4) is 0 Å². The van der Waals surface area contributed by atoms with Crippen molar-refractivity contribution in [2.24, 2.45) is 0 Å². The van der Waals surface area contributed by atoms with Gasteiger partial charge in [-0.05, 0) is 43.2 Å². The average Bonchev–Trinajstić information content (AvgIpc) is 2.73. The number of nitrogens with zero attached hydrogens (tertiary/aromatic N) is 2. The van der Waals surface area contributed by atoms with Crippen LogP contribution in [0.15, 0.2) is 24.5 Å². The molecule has 0 saturated carbocycles. The first-order chi connectivity index (χ1) is 7.84. The third kappa shape index (κ3) is 1.73. The normalized spacial score (nSPS) is 21.4. The molecule has 3 heteroatoms. The lowest BCUT2D eigenvalue weighted by Gasteiger charge is -2.20. The predicted octanol–water partition coefficient (Wildman–Crippen LogP) is 3.25. The molecule has 1 aliphatic heterocycles. The van der Waals surface area contributed by atoms with E-state index in [1.165, 1.54) is 41.3 Å². The van der Waals surface area contributed by atoms with E-state index in [1.54, 1.807) is 0 Å². The Hall–Kier alpha value is -0.960. The molecular formula is C13H16N2S. The molecule has 0 aliphatic carbocycles. The van der Waals surface area contributed by atoms with E-state index >= 15 is 0 Å². The minimum absolute atomic E-state index is 0.643. The molecule has 0 aromatic carbocycles. The first-order valence-corrected chi connectivity index (χ1v) is 7.01. The van der Waals surface area contributed by atoms with Gasteiger partial charge >= 0.3 is 0 Å². The van der Waals surface area contributed by atoms with Crippen molar-refractivity contribution in [1.82, 2.24) is 9.38 Å². The van der Waals surface area contributed by atoms with E-state index in [4.69, 9.17) is 0 Å². The monoisotopic (exact) mass is 232 g/mol. The second kappa shape index (κ2) is 4.13. The molecule has 3 heterocycles. The van der Waals surface area contributed by atoms with Crippen molar-refractivity contribution in [3.05, 3.63) is 35.9 Å². The number of rotatable bonds is 1. The Balaban J connectivity index is 2.03. The predicted molar refractivity (Wildman–Crippen MR) is 69.2 cm³/mol. The summed E-state index contributed by atoms with van der Waals surface area (Å²) in [5.74, 6) is 4.44. The third-order valence-corrected chi connectivity index (χ3v) is 4.46. The lowest BCUT2D eigenvalue weighted by Crippen LogP contribution is -2.12. The minimum atomic E-state index is 0.643. The van der Waals surface area contributed by atoms with Crippen LogP contribution in [0.25, 0.3) is 5.52 Å². The van der Waals surface area contributed by atoms with E-state index in [9.17, 15) is 0 Å². The number of fused-ring (bicyclic) bond motifs is 1. The second-order valence-electron chi connectivity index (χ2n) is 4.53. The lowest BCUT2D eigenvalue weighted by atomic mass is 10.0. The van der Waals surface area contributed by atoms with Crippen LogP contribution >= 0.6 is 11.8 Å². The summed E-state index contributed by atoms with van der Waals surface area (Å²) < 4.78 is 2.25. The van der Waals surface area contributed by atoms with Gasteiger partial charge in [-0.15, -0.1) is 0 Å². The molecule has 0 spiro atoms. The summed E-state index contributed by atoms with van der Waals surface area (Å²) in [6.45, 7) is 2.13. The van der Waals surface area contributed by atoms with E-state index in [0.717, 1.165) is 0 Å². The van der Waals surface area contributed by atoms with Crippen molar-refractivity contribution >= 4 is 17.3 Å². The fourth-order valence-corrected chi connectivity index (χ4v) is 3.52. The van der Waals surface area contributed by atoms with Gasteiger partial charge in [0.25, 0.3) is 0 Å². The number of hydrogen-bond acceptors (Lipinski definition) is 2. The second-order valence-corrected chi connectivity index (χ2v) is 5.68. The van der Waals surface area contributed by atoms with Gasteiger partial charge in [0.2, 0.25) is 0 Å². The molecule has 84 valence electrons. The maximum absolute atomic E-state index is 4.61. The number of thioether (sulfide) groups is 1. The van der Waals surface area contributed by atoms with Crippen LogP contribution in [0.1, 0.15) is 30.1 Å². The molecule has 2 aromatic heterocycles. The zero-order valence-corrected chi connectivity index (χ0v) is 10.3. The van der Waals surface area contributed by atoms with Crippen LogP contribution in [0.4, 0.5) is 0 Å². The molecule has 0 bridgehead atoms. The molecule has 0 radical (unpaired) electrons. The van der Waals surface area contributed by atoms with Gasteiger partial charge in [-0.25, -0.2) is 4.98 Å². The smallest absolute Gasteiger partial charge is 0.117 e. The van der Waals surface area contributed by atoms with Crippen LogP contribution in [0.2, 0.25) is 0 Å². The summed E-state index contributed by atoms with van der Waals surface area (Å²) in [4.78, 5) is 4.61. The Kier molecular flexibility index (Phi) is 2.64. The van der Waals surface area contributed by atoms with Gasteiger partial charge in [0.05, 0.1) is 11.7 Å². The molecule has 3 rings (SSSR count). The Morgan fingerprint density at radius 1 is 1.50 bits per heavy atom. The van der Waals surface area contributed by atoms with Gasteiger partial charge < -0.3 is 4.40 Å². The van der Waals surface area contributed by atoms with E-state index in [-0.39, 0.29) is 0 Å². The summed E-state index contributed by atoms with van der Waals surface area (Å²) >= 11 is 2.06. The summed E-state index contributed by atoms with van der Waals surface area (Å²) in [5.41, 5.74) is 2.53. The molecule has 0 N–H and O–H groups in total. The van der Waals surface area contributed by atoms with Crippen molar-refractivity contribution in [2.45, 2.75) is 25.7 Å². The zero-order valence-electron chi connectivity index (χ0n) is 9.52. The number of hydrogen-bond donors (Lipinski definition) is 0. The Morgan fingerprint density at radius 2 is 2.44 bits per heavy atom. The highest BCUT2D eigenvalue weighted by molar-refractivity contribution is 7.99. The number of imidazole rings is 1. The molecule has 1 unspecified atom stereocenters. The highest BCUT2D eigenvalue weighted by Gasteiger charge is 2.19. The van der Waals surface area contributed by atoms with Crippen molar-refractivity contribution in [3.63, 3.8) is 0 Å². The Morgan fingerprint density at radius 3 is 3.25 bits per heavy atom.